The number of nitrogens with one attached hydrogen (secondary N) is 1. The number of carbonyl (C=O) groups excluding carboxylic acids is 1. The minimum absolute atomic E-state index is 0.0191. The Morgan fingerprint density at radius 1 is 1.06 bits per heavy atom. The van der Waals surface area contributed by atoms with Crippen molar-refractivity contribution in [1.29, 1.82) is 0 Å². The number of carbonyl (C=O) groups is 1. The van der Waals surface area contributed by atoms with Gasteiger partial charge in [-0.25, -0.2) is 4.39 Å². The molecule has 2 aliphatic heterocycles. The topological polar surface area (TPSA) is 78.7 Å². The molecular weight excluding hydrogens is 435 g/mol. The lowest BCUT2D eigenvalue weighted by atomic mass is 9.83. The van der Waals surface area contributed by atoms with E-state index in [2.05, 4.69) is 27.2 Å². The van der Waals surface area contributed by atoms with Crippen molar-refractivity contribution >= 4 is 23.0 Å². The molecule has 8 heteroatoms. The van der Waals surface area contributed by atoms with Crippen LogP contribution in [0.1, 0.15) is 11.1 Å². The Balaban J connectivity index is 1.44. The first-order chi connectivity index (χ1) is 16.5. The zero-order valence-corrected chi connectivity index (χ0v) is 18.6. The maximum absolute atomic E-state index is 14.1. The summed E-state index contributed by atoms with van der Waals surface area (Å²) in [7, 11) is 0. The second-order valence-electron chi connectivity index (χ2n) is 8.73. The summed E-state index contributed by atoms with van der Waals surface area (Å²) in [6, 6.07) is 21.3. The molecule has 34 heavy (non-hydrogen) atoms. The van der Waals surface area contributed by atoms with Crippen molar-refractivity contribution in [3.63, 3.8) is 0 Å². The van der Waals surface area contributed by atoms with Crippen molar-refractivity contribution in [1.82, 2.24) is 5.32 Å². The Hall–Kier alpha value is -3.94. The third kappa shape index (κ3) is 4.19. The molecule has 3 aromatic carbocycles. The van der Waals surface area contributed by atoms with Crippen LogP contribution in [0, 0.1) is 21.8 Å². The molecule has 3 aromatic rings. The predicted octanol–water partition coefficient (Wildman–Crippen LogP) is 3.92. The largest absolute Gasteiger partial charge is 0.368 e. The molecule has 0 radical (unpaired) electrons. The molecule has 2 atom stereocenters. The normalized spacial score (nSPS) is 19.2. The maximum Gasteiger partial charge on any atom is 0.269 e. The number of nitrogens with zero attached hydrogens (tertiary/aromatic N) is 3. The maximum atomic E-state index is 14.1. The number of nitro benzene ring substituents is 1. The van der Waals surface area contributed by atoms with Gasteiger partial charge in [0.15, 0.2) is 0 Å². The van der Waals surface area contributed by atoms with Gasteiger partial charge in [0, 0.05) is 55.2 Å². The summed E-state index contributed by atoms with van der Waals surface area (Å²) < 4.78 is 14.1. The molecule has 174 valence electrons. The fraction of sp³-hybridized carbons (Fsp3) is 0.269. The monoisotopic (exact) mass is 460 g/mol. The number of halogens is 1. The van der Waals surface area contributed by atoms with Crippen molar-refractivity contribution in [2.24, 2.45) is 5.92 Å². The van der Waals surface area contributed by atoms with Gasteiger partial charge < -0.3 is 15.1 Å². The molecule has 5 rings (SSSR count). The number of nitro groups is 1. The van der Waals surface area contributed by atoms with Gasteiger partial charge in [-0.15, -0.1) is 0 Å². The Morgan fingerprint density at radius 3 is 2.59 bits per heavy atom. The van der Waals surface area contributed by atoms with Crippen molar-refractivity contribution in [2.75, 3.05) is 29.4 Å². The van der Waals surface area contributed by atoms with E-state index >= 15 is 0 Å². The highest BCUT2D eigenvalue weighted by atomic mass is 19.1. The highest BCUT2D eigenvalue weighted by molar-refractivity contribution is 5.82. The molecule has 7 nitrogen and oxygen atoms in total. The molecule has 0 saturated carbocycles. The second-order valence-corrected chi connectivity index (χ2v) is 8.73. The summed E-state index contributed by atoms with van der Waals surface area (Å²) >= 11 is 0. The molecule has 1 fully saturated rings. The van der Waals surface area contributed by atoms with Crippen molar-refractivity contribution in [2.45, 2.75) is 19.0 Å². The van der Waals surface area contributed by atoms with Crippen LogP contribution in [0.5, 0.6) is 0 Å². The van der Waals surface area contributed by atoms with Crippen LogP contribution in [0.25, 0.3) is 0 Å². The van der Waals surface area contributed by atoms with Gasteiger partial charge >= 0.3 is 0 Å². The van der Waals surface area contributed by atoms with Crippen LogP contribution in [0.3, 0.4) is 0 Å². The minimum atomic E-state index is -0.423. The van der Waals surface area contributed by atoms with Crippen LogP contribution in [0.2, 0.25) is 0 Å². The van der Waals surface area contributed by atoms with Gasteiger partial charge in [0.2, 0.25) is 5.91 Å². The highest BCUT2D eigenvalue weighted by Crippen LogP contribution is 2.38. The molecule has 1 amide bonds. The van der Waals surface area contributed by atoms with E-state index in [4.69, 9.17) is 0 Å². The Morgan fingerprint density at radius 2 is 1.82 bits per heavy atom. The zero-order valence-electron chi connectivity index (χ0n) is 18.6. The van der Waals surface area contributed by atoms with E-state index in [0.717, 1.165) is 23.5 Å². The molecule has 2 aliphatic rings. The summed E-state index contributed by atoms with van der Waals surface area (Å²) in [5.41, 5.74) is 3.29. The highest BCUT2D eigenvalue weighted by Gasteiger charge is 2.42. The molecule has 2 heterocycles. The third-order valence-electron chi connectivity index (χ3n) is 6.78. The molecule has 0 bridgehead atoms. The van der Waals surface area contributed by atoms with Gasteiger partial charge in [-0.2, -0.15) is 0 Å². The third-order valence-corrected chi connectivity index (χ3v) is 6.78. The number of anilines is 2. The first kappa shape index (κ1) is 21.9. The fourth-order valence-electron chi connectivity index (χ4n) is 5.05. The van der Waals surface area contributed by atoms with E-state index in [1.165, 1.54) is 12.1 Å². The molecule has 0 aromatic heterocycles. The first-order valence-electron chi connectivity index (χ1n) is 11.4. The summed E-state index contributed by atoms with van der Waals surface area (Å²) in [5, 5.41) is 14.3. The number of hydrogen-bond acceptors (Lipinski definition) is 5. The van der Waals surface area contributed by atoms with Gasteiger partial charge in [-0.3, -0.25) is 14.9 Å². The van der Waals surface area contributed by atoms with E-state index in [0.29, 0.717) is 25.1 Å². The van der Waals surface area contributed by atoms with Gasteiger partial charge in [-0.1, -0.05) is 36.4 Å². The molecular formula is C26H25FN4O3. The zero-order chi connectivity index (χ0) is 23.7. The smallest absolute Gasteiger partial charge is 0.269 e. The van der Waals surface area contributed by atoms with Crippen molar-refractivity contribution in [3.8, 4) is 0 Å². The standard InChI is InChI=1S/C26H25FN4O3/c27-23-9-5-4-6-18(23)16-28-26(32)22-15-19-14-21(31(33)34)10-11-24(19)30-13-12-29(17-25(22)30)20-7-2-1-3-8-20/h1-11,14,22,25H,12-13,15-17H2,(H,28,32). The Kier molecular flexibility index (Phi) is 5.88. The van der Waals surface area contributed by atoms with Crippen LogP contribution in [0.4, 0.5) is 21.5 Å². The van der Waals surface area contributed by atoms with Crippen molar-refractivity contribution in [3.05, 3.63) is 99.9 Å². The predicted molar refractivity (Wildman–Crippen MR) is 128 cm³/mol. The fourth-order valence-corrected chi connectivity index (χ4v) is 5.05. The van der Waals surface area contributed by atoms with E-state index < -0.39 is 10.8 Å². The summed E-state index contributed by atoms with van der Waals surface area (Å²) in [6.45, 7) is 2.22. The second kappa shape index (κ2) is 9.13. The number of para-hydroxylation sites is 1. The number of fused-ring (bicyclic) bond motifs is 3. The number of piperazine rings is 1. The lowest BCUT2D eigenvalue weighted by molar-refractivity contribution is -0.384. The average Bonchev–Trinajstić information content (AvgIpc) is 2.87. The Labute approximate surface area is 197 Å². The lowest BCUT2D eigenvalue weighted by Crippen LogP contribution is -2.61. The van der Waals surface area contributed by atoms with Crippen LogP contribution in [-0.2, 0) is 17.8 Å². The number of non-ortho nitro benzene ring substituents is 1. The van der Waals surface area contributed by atoms with Crippen LogP contribution in [-0.4, -0.2) is 36.5 Å². The molecule has 1 saturated heterocycles. The summed E-state index contributed by atoms with van der Waals surface area (Å²) in [6.07, 6.45) is 0.393. The SMILES string of the molecule is O=C(NCc1ccccc1F)C1Cc2cc([N+](=O)[O-])ccc2N2CCN(c3ccccc3)CC12. The van der Waals surface area contributed by atoms with Gasteiger partial charge in [-0.05, 0) is 36.2 Å². The van der Waals surface area contributed by atoms with Crippen LogP contribution in [0.15, 0.2) is 72.8 Å². The number of rotatable bonds is 5. The molecule has 0 spiro atoms. The number of benzene rings is 3. The summed E-state index contributed by atoms with van der Waals surface area (Å²) in [5.74, 6) is -0.958. The average molecular weight is 461 g/mol. The quantitative estimate of drug-likeness (QED) is 0.461. The summed E-state index contributed by atoms with van der Waals surface area (Å²) in [4.78, 5) is 28.8. The van der Waals surface area contributed by atoms with E-state index in [1.54, 1.807) is 30.3 Å². The van der Waals surface area contributed by atoms with Crippen LogP contribution < -0.4 is 15.1 Å². The van der Waals surface area contributed by atoms with E-state index in [9.17, 15) is 19.3 Å². The first-order valence-corrected chi connectivity index (χ1v) is 11.4. The molecule has 1 N–H and O–H groups in total. The molecule has 2 unspecified atom stereocenters. The number of hydrogen-bond donors (Lipinski definition) is 1. The number of amides is 1. The van der Waals surface area contributed by atoms with Gasteiger partial charge in [0.05, 0.1) is 16.9 Å². The van der Waals surface area contributed by atoms with E-state index in [1.807, 2.05) is 18.2 Å². The van der Waals surface area contributed by atoms with Gasteiger partial charge in [0.25, 0.3) is 5.69 Å². The lowest BCUT2D eigenvalue weighted by Gasteiger charge is -2.49. The Bertz CT molecular complexity index is 1220. The minimum Gasteiger partial charge on any atom is -0.368 e. The van der Waals surface area contributed by atoms with Crippen LogP contribution >= 0.6 is 0 Å². The van der Waals surface area contributed by atoms with E-state index in [-0.39, 0.29) is 30.0 Å². The van der Waals surface area contributed by atoms with Gasteiger partial charge in [0.1, 0.15) is 5.82 Å². The van der Waals surface area contributed by atoms with Crippen molar-refractivity contribution < 1.29 is 14.1 Å². The molecule has 0 aliphatic carbocycles.